The van der Waals surface area contributed by atoms with Crippen molar-refractivity contribution < 1.29 is 4.79 Å². The Morgan fingerprint density at radius 2 is 2.17 bits per heavy atom. The molecule has 0 aromatic heterocycles. The zero-order valence-electron chi connectivity index (χ0n) is 8.18. The van der Waals surface area contributed by atoms with E-state index < -0.39 is 0 Å². The molecule has 2 nitrogen and oxygen atoms in total. The van der Waals surface area contributed by atoms with E-state index in [1.54, 1.807) is 6.42 Å². The first-order valence-electron chi connectivity index (χ1n) is 4.83. The van der Waals surface area contributed by atoms with Crippen LogP contribution in [0.2, 0.25) is 0 Å². The summed E-state index contributed by atoms with van der Waals surface area (Å²) in [6.45, 7) is 4.35. The molecular weight excluding hydrogens is 150 g/mol. The molecule has 0 aliphatic rings. The molecule has 1 radical (unpaired) electrons. The number of rotatable bonds is 7. The minimum Gasteiger partial charge on any atom is -0.369 e. The second-order valence-electron chi connectivity index (χ2n) is 3.26. The zero-order chi connectivity index (χ0) is 9.40. The molecule has 0 fully saturated rings. The van der Waals surface area contributed by atoms with E-state index in [0.717, 1.165) is 12.8 Å². The van der Waals surface area contributed by atoms with Crippen molar-refractivity contribution in [1.29, 1.82) is 0 Å². The number of amides is 1. The average Bonchev–Trinajstić information content (AvgIpc) is 2.05. The SMILES string of the molecule is CCCCC(CC)C[CH]C(N)=O. The lowest BCUT2D eigenvalue weighted by atomic mass is 9.94. The molecule has 1 amide bonds. The van der Waals surface area contributed by atoms with Gasteiger partial charge in [-0.1, -0.05) is 39.5 Å². The first kappa shape index (κ1) is 11.5. The summed E-state index contributed by atoms with van der Waals surface area (Å²) < 4.78 is 0. The molecule has 0 saturated heterocycles. The van der Waals surface area contributed by atoms with Gasteiger partial charge in [0.25, 0.3) is 0 Å². The lowest BCUT2D eigenvalue weighted by molar-refractivity contribution is -0.115. The largest absolute Gasteiger partial charge is 0.369 e. The Labute approximate surface area is 75.5 Å². The number of carbonyl (C=O) groups is 1. The fraction of sp³-hybridized carbons (Fsp3) is 0.800. The molecular formula is C10H20NO. The molecule has 0 aromatic carbocycles. The zero-order valence-corrected chi connectivity index (χ0v) is 8.18. The fourth-order valence-corrected chi connectivity index (χ4v) is 1.26. The fourth-order valence-electron chi connectivity index (χ4n) is 1.26. The summed E-state index contributed by atoms with van der Waals surface area (Å²) >= 11 is 0. The van der Waals surface area contributed by atoms with E-state index in [-0.39, 0.29) is 5.91 Å². The third-order valence-electron chi connectivity index (χ3n) is 2.20. The van der Waals surface area contributed by atoms with Gasteiger partial charge in [-0.3, -0.25) is 4.79 Å². The molecule has 0 aliphatic carbocycles. The number of hydrogen-bond acceptors (Lipinski definition) is 1. The Bertz CT molecular complexity index is 123. The Balaban J connectivity index is 3.45. The Morgan fingerprint density at radius 3 is 2.58 bits per heavy atom. The summed E-state index contributed by atoms with van der Waals surface area (Å²) in [5, 5.41) is 0. The van der Waals surface area contributed by atoms with E-state index in [0.29, 0.717) is 5.92 Å². The Hall–Kier alpha value is -0.530. The van der Waals surface area contributed by atoms with Gasteiger partial charge in [-0.15, -0.1) is 0 Å². The smallest absolute Gasteiger partial charge is 0.221 e. The third-order valence-corrected chi connectivity index (χ3v) is 2.20. The van der Waals surface area contributed by atoms with Crippen molar-refractivity contribution in [3.05, 3.63) is 6.42 Å². The molecule has 0 heterocycles. The predicted octanol–water partition coefficient (Wildman–Crippen LogP) is 2.28. The van der Waals surface area contributed by atoms with Crippen LogP contribution < -0.4 is 5.73 Å². The molecule has 0 aliphatic heterocycles. The Kier molecular flexibility index (Phi) is 6.82. The molecule has 0 spiro atoms. The molecule has 0 bridgehead atoms. The first-order valence-corrected chi connectivity index (χ1v) is 4.83. The number of unbranched alkanes of at least 4 members (excludes halogenated alkanes) is 1. The van der Waals surface area contributed by atoms with Crippen molar-refractivity contribution in [3.8, 4) is 0 Å². The van der Waals surface area contributed by atoms with Crippen LogP contribution in [0, 0.1) is 12.3 Å². The highest BCUT2D eigenvalue weighted by Crippen LogP contribution is 2.17. The van der Waals surface area contributed by atoms with E-state index in [1.165, 1.54) is 19.3 Å². The molecule has 1 unspecified atom stereocenters. The quantitative estimate of drug-likeness (QED) is 0.626. The lowest BCUT2D eigenvalue weighted by Crippen LogP contribution is -2.13. The molecule has 71 valence electrons. The second kappa shape index (κ2) is 7.14. The van der Waals surface area contributed by atoms with E-state index in [4.69, 9.17) is 5.73 Å². The third kappa shape index (κ3) is 6.20. The van der Waals surface area contributed by atoms with Gasteiger partial charge >= 0.3 is 0 Å². The summed E-state index contributed by atoms with van der Waals surface area (Å²) in [4.78, 5) is 10.5. The van der Waals surface area contributed by atoms with E-state index in [9.17, 15) is 4.79 Å². The standard InChI is InChI=1S/C10H20NO/c1-3-5-6-9(4-2)7-8-10(11)12/h8-9H,3-7H2,1-2H3,(H2,11,12). The molecule has 12 heavy (non-hydrogen) atoms. The lowest BCUT2D eigenvalue weighted by Gasteiger charge is -2.12. The molecule has 0 rings (SSSR count). The second-order valence-corrected chi connectivity index (χ2v) is 3.26. The summed E-state index contributed by atoms with van der Waals surface area (Å²) in [7, 11) is 0. The topological polar surface area (TPSA) is 43.1 Å². The summed E-state index contributed by atoms with van der Waals surface area (Å²) in [6, 6.07) is 0. The van der Waals surface area contributed by atoms with Gasteiger partial charge in [0, 0.05) is 6.42 Å². The average molecular weight is 170 g/mol. The van der Waals surface area contributed by atoms with Crippen LogP contribution in [0.25, 0.3) is 0 Å². The van der Waals surface area contributed by atoms with Crippen LogP contribution in [-0.4, -0.2) is 5.91 Å². The number of hydrogen-bond donors (Lipinski definition) is 1. The Morgan fingerprint density at radius 1 is 1.50 bits per heavy atom. The highest BCUT2D eigenvalue weighted by atomic mass is 16.1. The van der Waals surface area contributed by atoms with E-state index >= 15 is 0 Å². The van der Waals surface area contributed by atoms with Crippen LogP contribution in [0.15, 0.2) is 0 Å². The van der Waals surface area contributed by atoms with E-state index in [2.05, 4.69) is 13.8 Å². The van der Waals surface area contributed by atoms with Crippen molar-refractivity contribution in [2.24, 2.45) is 11.7 Å². The number of primary amides is 1. The normalized spacial score (nSPS) is 12.8. The first-order chi connectivity index (χ1) is 5.70. The highest BCUT2D eigenvalue weighted by Gasteiger charge is 2.07. The number of carbonyl (C=O) groups excluding carboxylic acids is 1. The maximum Gasteiger partial charge on any atom is 0.221 e. The molecule has 2 heteroatoms. The van der Waals surface area contributed by atoms with Crippen molar-refractivity contribution in [2.45, 2.75) is 46.0 Å². The van der Waals surface area contributed by atoms with Crippen molar-refractivity contribution in [1.82, 2.24) is 0 Å². The van der Waals surface area contributed by atoms with Crippen LogP contribution in [0.5, 0.6) is 0 Å². The van der Waals surface area contributed by atoms with Crippen molar-refractivity contribution in [2.75, 3.05) is 0 Å². The van der Waals surface area contributed by atoms with E-state index in [1.807, 2.05) is 0 Å². The highest BCUT2D eigenvalue weighted by molar-refractivity contribution is 5.82. The monoisotopic (exact) mass is 170 g/mol. The van der Waals surface area contributed by atoms with Crippen LogP contribution >= 0.6 is 0 Å². The van der Waals surface area contributed by atoms with Crippen LogP contribution in [0.4, 0.5) is 0 Å². The van der Waals surface area contributed by atoms with Crippen LogP contribution in [0.1, 0.15) is 46.0 Å². The molecule has 1 atom stereocenters. The van der Waals surface area contributed by atoms with Crippen molar-refractivity contribution in [3.63, 3.8) is 0 Å². The number of nitrogens with two attached hydrogens (primary N) is 1. The molecule has 0 saturated carbocycles. The van der Waals surface area contributed by atoms with Gasteiger partial charge in [0.2, 0.25) is 5.91 Å². The van der Waals surface area contributed by atoms with Gasteiger partial charge in [0.15, 0.2) is 0 Å². The van der Waals surface area contributed by atoms with Gasteiger partial charge in [-0.05, 0) is 12.3 Å². The predicted molar refractivity (Wildman–Crippen MR) is 51.4 cm³/mol. The minimum absolute atomic E-state index is 0.287. The summed E-state index contributed by atoms with van der Waals surface area (Å²) in [6.07, 6.45) is 7.30. The maximum absolute atomic E-state index is 10.5. The minimum atomic E-state index is -0.287. The van der Waals surface area contributed by atoms with Crippen molar-refractivity contribution >= 4 is 5.91 Å². The van der Waals surface area contributed by atoms with Gasteiger partial charge in [0.05, 0.1) is 0 Å². The van der Waals surface area contributed by atoms with Gasteiger partial charge in [0.1, 0.15) is 0 Å². The summed E-state index contributed by atoms with van der Waals surface area (Å²) in [5.41, 5.74) is 5.03. The van der Waals surface area contributed by atoms with Gasteiger partial charge in [-0.25, -0.2) is 0 Å². The van der Waals surface area contributed by atoms with Gasteiger partial charge < -0.3 is 5.73 Å². The molecule has 0 aromatic rings. The van der Waals surface area contributed by atoms with Gasteiger partial charge in [-0.2, -0.15) is 0 Å². The summed E-state index contributed by atoms with van der Waals surface area (Å²) in [5.74, 6) is 0.363. The molecule has 2 N–H and O–H groups in total. The van der Waals surface area contributed by atoms with Crippen LogP contribution in [0.3, 0.4) is 0 Å². The maximum atomic E-state index is 10.5. The van der Waals surface area contributed by atoms with Crippen LogP contribution in [-0.2, 0) is 4.79 Å².